The molecular weight excluding hydrogens is 226 g/mol. The first kappa shape index (κ1) is 14.4. The molecule has 1 rings (SSSR count). The van der Waals surface area contributed by atoms with Crippen molar-refractivity contribution in [2.45, 2.75) is 33.2 Å². The molecule has 4 nitrogen and oxygen atoms in total. The zero-order valence-electron chi connectivity index (χ0n) is 11.5. The largest absolute Gasteiger partial charge is 0.497 e. The maximum absolute atomic E-state index is 5.78. The van der Waals surface area contributed by atoms with Crippen LogP contribution in [0, 0.1) is 6.92 Å². The highest BCUT2D eigenvalue weighted by Gasteiger charge is 1.98. The Labute approximate surface area is 109 Å². The van der Waals surface area contributed by atoms with Gasteiger partial charge in [-0.2, -0.15) is 0 Å². The van der Waals surface area contributed by atoms with E-state index >= 15 is 0 Å². The number of nitrogens with two attached hydrogens (primary N) is 1. The van der Waals surface area contributed by atoms with Crippen LogP contribution >= 0.6 is 0 Å². The molecule has 0 amide bonds. The van der Waals surface area contributed by atoms with E-state index in [-0.39, 0.29) is 0 Å². The van der Waals surface area contributed by atoms with Crippen molar-refractivity contribution in [1.82, 2.24) is 5.32 Å². The molecule has 0 heterocycles. The summed E-state index contributed by atoms with van der Waals surface area (Å²) in [5, 5.41) is 3.09. The van der Waals surface area contributed by atoms with Gasteiger partial charge in [0.15, 0.2) is 5.96 Å². The number of hydrogen-bond donors (Lipinski definition) is 2. The fraction of sp³-hybridized carbons (Fsp3) is 0.500. The van der Waals surface area contributed by atoms with Gasteiger partial charge in [0.25, 0.3) is 0 Å². The second-order valence-corrected chi connectivity index (χ2v) is 4.34. The minimum absolute atomic E-state index is 0.504. The van der Waals surface area contributed by atoms with Crippen LogP contribution in [0.15, 0.2) is 23.2 Å². The van der Waals surface area contributed by atoms with Crippen LogP contribution in [-0.2, 0) is 6.54 Å². The van der Waals surface area contributed by atoms with Crippen molar-refractivity contribution in [3.05, 3.63) is 29.3 Å². The molecular formula is C14H23N3O. The van der Waals surface area contributed by atoms with Crippen LogP contribution in [0.4, 0.5) is 0 Å². The summed E-state index contributed by atoms with van der Waals surface area (Å²) in [5.74, 6) is 1.36. The molecule has 0 unspecified atom stereocenters. The average molecular weight is 249 g/mol. The summed E-state index contributed by atoms with van der Waals surface area (Å²) in [5.41, 5.74) is 8.05. The van der Waals surface area contributed by atoms with Gasteiger partial charge in [-0.15, -0.1) is 0 Å². The Bertz CT molecular complexity index is 402. The van der Waals surface area contributed by atoms with Crippen LogP contribution in [0.25, 0.3) is 0 Å². The lowest BCUT2D eigenvalue weighted by Crippen LogP contribution is -2.32. The van der Waals surface area contributed by atoms with E-state index in [9.17, 15) is 0 Å². The molecule has 1 aromatic rings. The van der Waals surface area contributed by atoms with Crippen molar-refractivity contribution in [2.75, 3.05) is 13.7 Å². The first-order valence-electron chi connectivity index (χ1n) is 6.34. The van der Waals surface area contributed by atoms with Crippen molar-refractivity contribution in [3.8, 4) is 5.75 Å². The Morgan fingerprint density at radius 3 is 2.83 bits per heavy atom. The fourth-order valence-corrected chi connectivity index (χ4v) is 1.66. The van der Waals surface area contributed by atoms with Crippen molar-refractivity contribution in [1.29, 1.82) is 0 Å². The molecule has 1 aromatic carbocycles. The first-order chi connectivity index (χ1) is 8.65. The number of aryl methyl sites for hydroxylation is 1. The number of nitrogens with zero attached hydrogens (tertiary/aromatic N) is 1. The molecule has 100 valence electrons. The summed E-state index contributed by atoms with van der Waals surface area (Å²) in [4.78, 5) is 4.31. The second-order valence-electron chi connectivity index (χ2n) is 4.34. The lowest BCUT2D eigenvalue weighted by Gasteiger charge is -2.06. The number of guanidine groups is 1. The number of methoxy groups -OCH3 is 1. The highest BCUT2D eigenvalue weighted by atomic mass is 16.5. The van der Waals surface area contributed by atoms with Gasteiger partial charge < -0.3 is 15.8 Å². The predicted octanol–water partition coefficient (Wildman–Crippen LogP) is 2.21. The molecule has 0 aliphatic heterocycles. The third-order valence-corrected chi connectivity index (χ3v) is 2.61. The minimum Gasteiger partial charge on any atom is -0.497 e. The molecule has 0 atom stereocenters. The van der Waals surface area contributed by atoms with Crippen LogP contribution in [0.5, 0.6) is 5.75 Å². The number of aliphatic imine (C=N–C) groups is 1. The molecule has 3 N–H and O–H groups in total. The van der Waals surface area contributed by atoms with Crippen molar-refractivity contribution in [3.63, 3.8) is 0 Å². The van der Waals surface area contributed by atoms with E-state index in [2.05, 4.69) is 23.3 Å². The van der Waals surface area contributed by atoms with E-state index in [1.807, 2.05) is 19.1 Å². The van der Waals surface area contributed by atoms with Gasteiger partial charge in [-0.1, -0.05) is 19.4 Å². The van der Waals surface area contributed by atoms with E-state index in [0.29, 0.717) is 12.5 Å². The molecule has 18 heavy (non-hydrogen) atoms. The first-order valence-corrected chi connectivity index (χ1v) is 6.34. The van der Waals surface area contributed by atoms with E-state index in [0.717, 1.165) is 36.3 Å². The van der Waals surface area contributed by atoms with Crippen LogP contribution in [0.3, 0.4) is 0 Å². The molecule has 0 fully saturated rings. The number of benzene rings is 1. The summed E-state index contributed by atoms with van der Waals surface area (Å²) in [6.45, 7) is 5.64. The number of unbranched alkanes of at least 4 members (excludes halogenated alkanes) is 1. The third kappa shape index (κ3) is 5.08. The van der Waals surface area contributed by atoms with E-state index in [1.54, 1.807) is 7.11 Å². The fourth-order valence-electron chi connectivity index (χ4n) is 1.66. The second kappa shape index (κ2) is 7.58. The molecule has 0 radical (unpaired) electrons. The van der Waals surface area contributed by atoms with Gasteiger partial charge in [0.05, 0.1) is 13.7 Å². The van der Waals surface area contributed by atoms with E-state index in [4.69, 9.17) is 10.5 Å². The van der Waals surface area contributed by atoms with Crippen LogP contribution in [-0.4, -0.2) is 19.6 Å². The van der Waals surface area contributed by atoms with Gasteiger partial charge in [-0.3, -0.25) is 0 Å². The summed E-state index contributed by atoms with van der Waals surface area (Å²) in [7, 11) is 1.67. The molecule has 0 bridgehead atoms. The van der Waals surface area contributed by atoms with Crippen molar-refractivity contribution >= 4 is 5.96 Å². The predicted molar refractivity (Wildman–Crippen MR) is 76.0 cm³/mol. The smallest absolute Gasteiger partial charge is 0.188 e. The Balaban J connectivity index is 2.56. The lowest BCUT2D eigenvalue weighted by molar-refractivity contribution is 0.414. The topological polar surface area (TPSA) is 59.6 Å². The van der Waals surface area contributed by atoms with Crippen LogP contribution in [0.2, 0.25) is 0 Å². The molecule has 0 saturated heterocycles. The Kier molecular flexibility index (Phi) is 6.05. The van der Waals surface area contributed by atoms with Gasteiger partial charge in [0, 0.05) is 6.54 Å². The van der Waals surface area contributed by atoms with Gasteiger partial charge in [0.2, 0.25) is 0 Å². The maximum Gasteiger partial charge on any atom is 0.188 e. The number of nitrogens with one attached hydrogen (secondary N) is 1. The quantitative estimate of drug-likeness (QED) is 0.461. The van der Waals surface area contributed by atoms with Gasteiger partial charge in [-0.25, -0.2) is 4.99 Å². The molecule has 0 aliphatic carbocycles. The zero-order valence-corrected chi connectivity index (χ0v) is 11.5. The van der Waals surface area contributed by atoms with Crippen LogP contribution in [0.1, 0.15) is 30.9 Å². The molecule has 0 aromatic heterocycles. The van der Waals surface area contributed by atoms with Crippen molar-refractivity contribution < 1.29 is 4.74 Å². The SMILES string of the molecule is CCCCNC(N)=NCc1cc(C)cc(OC)c1. The monoisotopic (exact) mass is 249 g/mol. The zero-order chi connectivity index (χ0) is 13.4. The standard InChI is InChI=1S/C14H23N3O/c1-4-5-6-16-14(15)17-10-12-7-11(2)8-13(9-12)18-3/h7-9H,4-6,10H2,1-3H3,(H3,15,16,17). The summed E-state index contributed by atoms with van der Waals surface area (Å²) in [6.07, 6.45) is 2.25. The number of ether oxygens (including phenoxy) is 1. The maximum atomic E-state index is 5.78. The number of rotatable bonds is 6. The third-order valence-electron chi connectivity index (χ3n) is 2.61. The Hall–Kier alpha value is -1.71. The van der Waals surface area contributed by atoms with Crippen molar-refractivity contribution in [2.24, 2.45) is 10.7 Å². The molecule has 0 spiro atoms. The highest BCUT2D eigenvalue weighted by molar-refractivity contribution is 5.77. The summed E-state index contributed by atoms with van der Waals surface area (Å²) >= 11 is 0. The molecule has 0 aliphatic rings. The molecule has 4 heteroatoms. The normalized spacial score (nSPS) is 11.4. The van der Waals surface area contributed by atoms with Crippen LogP contribution < -0.4 is 15.8 Å². The number of hydrogen-bond acceptors (Lipinski definition) is 2. The Morgan fingerprint density at radius 1 is 1.39 bits per heavy atom. The summed E-state index contributed by atoms with van der Waals surface area (Å²) < 4.78 is 5.23. The van der Waals surface area contributed by atoms with Gasteiger partial charge >= 0.3 is 0 Å². The molecule has 0 saturated carbocycles. The minimum atomic E-state index is 0.504. The average Bonchev–Trinajstić information content (AvgIpc) is 2.36. The summed E-state index contributed by atoms with van der Waals surface area (Å²) in [6, 6.07) is 6.07. The Morgan fingerprint density at radius 2 is 2.17 bits per heavy atom. The van der Waals surface area contributed by atoms with E-state index < -0.39 is 0 Å². The van der Waals surface area contributed by atoms with Gasteiger partial charge in [-0.05, 0) is 36.6 Å². The van der Waals surface area contributed by atoms with E-state index in [1.165, 1.54) is 0 Å². The van der Waals surface area contributed by atoms with Gasteiger partial charge in [0.1, 0.15) is 5.75 Å². The highest BCUT2D eigenvalue weighted by Crippen LogP contribution is 2.16. The lowest BCUT2D eigenvalue weighted by atomic mass is 10.1.